The molecule has 0 saturated carbocycles. The molecule has 0 unspecified atom stereocenters. The van der Waals surface area contributed by atoms with Gasteiger partial charge in [-0.15, -0.1) is 13.2 Å². The van der Waals surface area contributed by atoms with Crippen LogP contribution in [-0.2, 0) is 6.54 Å². The number of anilines is 1. The fourth-order valence-corrected chi connectivity index (χ4v) is 2.50. The SMILES string of the molecule is C=CCN(CC=C)c1cc(CNCCN(CC)CC)ccc1F. The molecule has 0 amide bonds. The highest BCUT2D eigenvalue weighted by Crippen LogP contribution is 2.21. The number of hydrogen-bond donors (Lipinski definition) is 1. The summed E-state index contributed by atoms with van der Waals surface area (Å²) >= 11 is 0. The van der Waals surface area contributed by atoms with Gasteiger partial charge in [-0.3, -0.25) is 0 Å². The summed E-state index contributed by atoms with van der Waals surface area (Å²) in [5.74, 6) is -0.208. The second kappa shape index (κ2) is 11.0. The molecule has 0 aliphatic heterocycles. The second-order valence-corrected chi connectivity index (χ2v) is 5.47. The molecule has 1 aromatic rings. The first-order chi connectivity index (χ1) is 11.2. The molecule has 1 rings (SSSR count). The Labute approximate surface area is 140 Å². The van der Waals surface area contributed by atoms with Crippen molar-refractivity contribution in [2.45, 2.75) is 20.4 Å². The summed E-state index contributed by atoms with van der Waals surface area (Å²) in [5, 5.41) is 3.43. The molecular weight excluding hydrogens is 289 g/mol. The zero-order chi connectivity index (χ0) is 17.1. The van der Waals surface area contributed by atoms with Crippen molar-refractivity contribution in [3.63, 3.8) is 0 Å². The van der Waals surface area contributed by atoms with Crippen LogP contribution in [0.5, 0.6) is 0 Å². The Morgan fingerprint density at radius 1 is 1.13 bits per heavy atom. The molecule has 3 nitrogen and oxygen atoms in total. The molecule has 0 aliphatic carbocycles. The average Bonchev–Trinajstić information content (AvgIpc) is 2.56. The van der Waals surface area contributed by atoms with Crippen LogP contribution in [0, 0.1) is 5.82 Å². The van der Waals surface area contributed by atoms with Crippen LogP contribution in [0.25, 0.3) is 0 Å². The van der Waals surface area contributed by atoms with Gasteiger partial charge in [0.1, 0.15) is 5.82 Å². The fourth-order valence-electron chi connectivity index (χ4n) is 2.50. The number of likely N-dealkylation sites (N-methyl/N-ethyl adjacent to an activating group) is 1. The maximum Gasteiger partial charge on any atom is 0.146 e. The van der Waals surface area contributed by atoms with Gasteiger partial charge in [0, 0.05) is 32.7 Å². The van der Waals surface area contributed by atoms with E-state index in [1.807, 2.05) is 17.0 Å². The van der Waals surface area contributed by atoms with Crippen LogP contribution in [0.15, 0.2) is 43.5 Å². The summed E-state index contributed by atoms with van der Waals surface area (Å²) < 4.78 is 14.1. The van der Waals surface area contributed by atoms with Crippen LogP contribution < -0.4 is 10.2 Å². The number of rotatable bonds is 12. The minimum atomic E-state index is -0.208. The third kappa shape index (κ3) is 6.55. The van der Waals surface area contributed by atoms with E-state index in [1.54, 1.807) is 12.2 Å². The Morgan fingerprint density at radius 2 is 1.78 bits per heavy atom. The molecule has 0 atom stereocenters. The Bertz CT molecular complexity index is 474. The van der Waals surface area contributed by atoms with Crippen molar-refractivity contribution in [3.05, 3.63) is 54.9 Å². The average molecular weight is 319 g/mol. The van der Waals surface area contributed by atoms with E-state index < -0.39 is 0 Å². The number of benzene rings is 1. The van der Waals surface area contributed by atoms with E-state index in [2.05, 4.69) is 37.2 Å². The number of nitrogens with one attached hydrogen (secondary N) is 1. The monoisotopic (exact) mass is 319 g/mol. The third-order valence-electron chi connectivity index (χ3n) is 3.88. The minimum absolute atomic E-state index is 0.208. The fraction of sp³-hybridized carbons (Fsp3) is 0.474. The molecule has 4 heteroatoms. The lowest BCUT2D eigenvalue weighted by molar-refractivity contribution is 0.302. The van der Waals surface area contributed by atoms with Gasteiger partial charge in [-0.05, 0) is 30.8 Å². The van der Waals surface area contributed by atoms with E-state index in [-0.39, 0.29) is 5.82 Å². The topological polar surface area (TPSA) is 18.5 Å². The van der Waals surface area contributed by atoms with Crippen LogP contribution in [-0.4, -0.2) is 44.2 Å². The van der Waals surface area contributed by atoms with Crippen molar-refractivity contribution < 1.29 is 4.39 Å². The van der Waals surface area contributed by atoms with Crippen LogP contribution in [0.2, 0.25) is 0 Å². The first kappa shape index (κ1) is 19.4. The van der Waals surface area contributed by atoms with Gasteiger partial charge in [-0.25, -0.2) is 4.39 Å². The molecule has 0 heterocycles. The maximum atomic E-state index is 14.1. The summed E-state index contributed by atoms with van der Waals surface area (Å²) in [6, 6.07) is 5.28. The van der Waals surface area contributed by atoms with Gasteiger partial charge in [-0.1, -0.05) is 32.1 Å². The van der Waals surface area contributed by atoms with E-state index in [9.17, 15) is 4.39 Å². The van der Waals surface area contributed by atoms with Gasteiger partial charge >= 0.3 is 0 Å². The molecule has 1 N–H and O–H groups in total. The number of nitrogens with zero attached hydrogens (tertiary/aromatic N) is 2. The van der Waals surface area contributed by atoms with E-state index in [0.29, 0.717) is 18.8 Å². The molecule has 0 aliphatic rings. The van der Waals surface area contributed by atoms with Gasteiger partial charge in [0.2, 0.25) is 0 Å². The minimum Gasteiger partial charge on any atom is -0.362 e. The van der Waals surface area contributed by atoms with Crippen molar-refractivity contribution in [1.29, 1.82) is 0 Å². The van der Waals surface area contributed by atoms with E-state index in [1.165, 1.54) is 6.07 Å². The van der Waals surface area contributed by atoms with Crippen molar-refractivity contribution in [2.24, 2.45) is 0 Å². The lowest BCUT2D eigenvalue weighted by atomic mass is 10.1. The lowest BCUT2D eigenvalue weighted by Crippen LogP contribution is -2.31. The Balaban J connectivity index is 2.65. The predicted octanol–water partition coefficient (Wildman–Crippen LogP) is 3.44. The largest absolute Gasteiger partial charge is 0.362 e. The van der Waals surface area contributed by atoms with Gasteiger partial charge < -0.3 is 15.1 Å². The first-order valence-corrected chi connectivity index (χ1v) is 8.34. The molecule has 0 spiro atoms. The third-order valence-corrected chi connectivity index (χ3v) is 3.88. The summed E-state index contributed by atoms with van der Waals surface area (Å²) in [7, 11) is 0. The quantitative estimate of drug-likeness (QED) is 0.470. The normalized spacial score (nSPS) is 10.8. The Kier molecular flexibility index (Phi) is 9.25. The zero-order valence-electron chi connectivity index (χ0n) is 14.5. The Morgan fingerprint density at radius 3 is 2.35 bits per heavy atom. The highest BCUT2D eigenvalue weighted by Gasteiger charge is 2.10. The van der Waals surface area contributed by atoms with Crippen LogP contribution in [0.4, 0.5) is 10.1 Å². The Hall–Kier alpha value is -1.65. The summed E-state index contributed by atoms with van der Waals surface area (Å²) in [4.78, 5) is 4.30. The van der Waals surface area contributed by atoms with Crippen molar-refractivity contribution in [1.82, 2.24) is 10.2 Å². The second-order valence-electron chi connectivity index (χ2n) is 5.47. The first-order valence-electron chi connectivity index (χ1n) is 8.34. The van der Waals surface area contributed by atoms with Crippen LogP contribution >= 0.6 is 0 Å². The summed E-state index contributed by atoms with van der Waals surface area (Å²) in [6.45, 7) is 17.8. The van der Waals surface area contributed by atoms with Gasteiger partial charge in [-0.2, -0.15) is 0 Å². The van der Waals surface area contributed by atoms with Gasteiger partial charge in [0.05, 0.1) is 5.69 Å². The molecule has 0 radical (unpaired) electrons. The molecule has 0 bridgehead atoms. The molecular formula is C19H30FN3. The summed E-state index contributed by atoms with van der Waals surface area (Å²) in [5.41, 5.74) is 1.69. The van der Waals surface area contributed by atoms with E-state index in [0.717, 1.165) is 38.3 Å². The number of halogens is 1. The lowest BCUT2D eigenvalue weighted by Gasteiger charge is -2.23. The van der Waals surface area contributed by atoms with Crippen LogP contribution in [0.1, 0.15) is 19.4 Å². The molecule has 1 aromatic carbocycles. The highest BCUT2D eigenvalue weighted by molar-refractivity contribution is 5.51. The molecule has 0 saturated heterocycles. The zero-order valence-corrected chi connectivity index (χ0v) is 14.5. The van der Waals surface area contributed by atoms with E-state index >= 15 is 0 Å². The molecule has 0 fully saturated rings. The smallest absolute Gasteiger partial charge is 0.146 e. The van der Waals surface area contributed by atoms with Crippen molar-refractivity contribution in [3.8, 4) is 0 Å². The van der Waals surface area contributed by atoms with Crippen molar-refractivity contribution in [2.75, 3.05) is 44.2 Å². The van der Waals surface area contributed by atoms with Crippen LogP contribution in [0.3, 0.4) is 0 Å². The van der Waals surface area contributed by atoms with E-state index in [4.69, 9.17) is 0 Å². The highest BCUT2D eigenvalue weighted by atomic mass is 19.1. The predicted molar refractivity (Wildman–Crippen MR) is 98.5 cm³/mol. The van der Waals surface area contributed by atoms with Gasteiger partial charge in [0.15, 0.2) is 0 Å². The molecule has 23 heavy (non-hydrogen) atoms. The molecule has 128 valence electrons. The number of hydrogen-bond acceptors (Lipinski definition) is 3. The molecule has 0 aromatic heterocycles. The maximum absolute atomic E-state index is 14.1. The standard InChI is InChI=1S/C19H30FN3/c1-5-12-23(13-6-2)19-15-17(9-10-18(19)20)16-21-11-14-22(7-3)8-4/h5-6,9-10,15,21H,1-2,7-8,11-14,16H2,3-4H3. The van der Waals surface area contributed by atoms with Gasteiger partial charge in [0.25, 0.3) is 0 Å². The summed E-state index contributed by atoms with van der Waals surface area (Å²) in [6.07, 6.45) is 3.55. The van der Waals surface area contributed by atoms with Crippen molar-refractivity contribution >= 4 is 5.69 Å².